The van der Waals surface area contributed by atoms with Gasteiger partial charge in [-0.1, -0.05) is 0 Å². The summed E-state index contributed by atoms with van der Waals surface area (Å²) in [7, 11) is 0. The molecule has 0 aromatic carbocycles. The van der Waals surface area contributed by atoms with Crippen molar-refractivity contribution >= 4 is 0 Å². The molecule has 0 saturated heterocycles. The van der Waals surface area contributed by atoms with E-state index >= 15 is 0 Å². The summed E-state index contributed by atoms with van der Waals surface area (Å²) in [6, 6.07) is 0. The maximum absolute atomic E-state index is 9.41. The Labute approximate surface area is 81.3 Å². The normalized spacial score (nSPS) is 39.9. The second-order valence-electron chi connectivity index (χ2n) is 3.85. The first-order valence-corrected chi connectivity index (χ1v) is 4.71. The van der Waals surface area contributed by atoms with Gasteiger partial charge in [-0.2, -0.15) is 0 Å². The van der Waals surface area contributed by atoms with Crippen molar-refractivity contribution in [2.24, 2.45) is 11.8 Å². The summed E-state index contributed by atoms with van der Waals surface area (Å²) in [5.41, 5.74) is 0. The lowest BCUT2D eigenvalue weighted by Gasteiger charge is -2.13. The van der Waals surface area contributed by atoms with Gasteiger partial charge in [0.2, 0.25) is 0 Å². The second kappa shape index (κ2) is 4.56. The van der Waals surface area contributed by atoms with Crippen molar-refractivity contribution in [3.05, 3.63) is 10.1 Å². The predicted molar refractivity (Wildman–Crippen MR) is 46.2 cm³/mol. The lowest BCUT2D eigenvalue weighted by atomic mass is 9.98. The molecule has 4 unspecified atom stereocenters. The molecule has 2 aliphatic carbocycles. The van der Waals surface area contributed by atoms with Gasteiger partial charge in [0.15, 0.2) is 0 Å². The van der Waals surface area contributed by atoms with Crippen LogP contribution in [0.2, 0.25) is 0 Å². The van der Waals surface area contributed by atoms with Gasteiger partial charge in [-0.05, 0) is 37.5 Å². The molecule has 0 radical (unpaired) electrons. The third kappa shape index (κ3) is 2.55. The van der Waals surface area contributed by atoms with Crippen molar-refractivity contribution in [3.63, 3.8) is 0 Å². The molecule has 2 aliphatic rings. The van der Waals surface area contributed by atoms with Crippen LogP contribution in [0.25, 0.3) is 0 Å². The van der Waals surface area contributed by atoms with Crippen LogP contribution in [0, 0.1) is 22.0 Å². The summed E-state index contributed by atoms with van der Waals surface area (Å²) < 4.78 is 0. The highest BCUT2D eigenvalue weighted by Crippen LogP contribution is 2.43. The summed E-state index contributed by atoms with van der Waals surface area (Å²) >= 11 is 0. The average molecular weight is 205 g/mol. The van der Waals surface area contributed by atoms with Gasteiger partial charge in [-0.25, -0.2) is 0 Å². The summed E-state index contributed by atoms with van der Waals surface area (Å²) in [6.07, 6.45) is 3.67. The van der Waals surface area contributed by atoms with Gasteiger partial charge in [0.1, 0.15) is 0 Å². The van der Waals surface area contributed by atoms with Gasteiger partial charge >= 0.3 is 0 Å². The van der Waals surface area contributed by atoms with Crippen LogP contribution in [-0.2, 0) is 0 Å². The fourth-order valence-electron chi connectivity index (χ4n) is 2.54. The number of nitrogens with zero attached hydrogens (tertiary/aromatic N) is 1. The number of rotatable bonds is 0. The third-order valence-electron chi connectivity index (χ3n) is 3.13. The minimum atomic E-state index is -1.50. The Morgan fingerprint density at radius 1 is 1.00 bits per heavy atom. The van der Waals surface area contributed by atoms with E-state index in [1.807, 2.05) is 0 Å². The van der Waals surface area contributed by atoms with Gasteiger partial charge in [0, 0.05) is 0 Å². The Bertz CT molecular complexity index is 190. The van der Waals surface area contributed by atoms with E-state index in [-0.39, 0.29) is 12.2 Å². The number of aliphatic hydroxyl groups is 2. The van der Waals surface area contributed by atoms with Crippen molar-refractivity contribution in [1.29, 1.82) is 0 Å². The smallest absolute Gasteiger partial charge is 0.291 e. The largest absolute Gasteiger partial charge is 0.393 e. The summed E-state index contributed by atoms with van der Waals surface area (Å²) in [5.74, 6) is 0.852. The molecule has 0 aliphatic heterocycles. The van der Waals surface area contributed by atoms with E-state index < -0.39 is 5.09 Å². The maximum Gasteiger partial charge on any atom is 0.291 e. The molecule has 0 bridgehead atoms. The third-order valence-corrected chi connectivity index (χ3v) is 3.13. The molecule has 2 saturated carbocycles. The number of fused-ring (bicyclic) bond motifs is 1. The van der Waals surface area contributed by atoms with Crippen LogP contribution >= 0.6 is 0 Å². The molecule has 6 nitrogen and oxygen atoms in total. The van der Waals surface area contributed by atoms with Crippen molar-refractivity contribution in [2.45, 2.75) is 37.9 Å². The van der Waals surface area contributed by atoms with Crippen molar-refractivity contribution < 1.29 is 20.5 Å². The summed E-state index contributed by atoms with van der Waals surface area (Å²) in [4.78, 5) is 8.36. The lowest BCUT2D eigenvalue weighted by Crippen LogP contribution is -2.18. The van der Waals surface area contributed by atoms with Crippen molar-refractivity contribution in [3.8, 4) is 0 Å². The molecule has 4 atom stereocenters. The van der Waals surface area contributed by atoms with E-state index in [2.05, 4.69) is 0 Å². The zero-order chi connectivity index (χ0) is 10.7. The highest BCUT2D eigenvalue weighted by atomic mass is 16.9. The predicted octanol–water partition coefficient (Wildman–Crippen LogP) is 0.180. The number of hydrogen-bond donors (Lipinski definition) is 3. The topological polar surface area (TPSA) is 104 Å². The minimum absolute atomic E-state index is 0.109. The lowest BCUT2D eigenvalue weighted by molar-refractivity contribution is -0.742. The molecule has 0 heterocycles. The van der Waals surface area contributed by atoms with E-state index in [1.165, 1.54) is 0 Å². The van der Waals surface area contributed by atoms with E-state index in [9.17, 15) is 10.2 Å². The molecule has 3 N–H and O–H groups in total. The van der Waals surface area contributed by atoms with Crippen LogP contribution in [0.1, 0.15) is 25.7 Å². The summed E-state index contributed by atoms with van der Waals surface area (Å²) in [5, 5.41) is 32.5. The van der Waals surface area contributed by atoms with Gasteiger partial charge < -0.3 is 15.4 Å². The summed E-state index contributed by atoms with van der Waals surface area (Å²) in [6.45, 7) is 0. The number of hydrogen-bond acceptors (Lipinski definition) is 4. The van der Waals surface area contributed by atoms with E-state index in [4.69, 9.17) is 15.3 Å². The molecule has 2 rings (SSSR count). The fourth-order valence-corrected chi connectivity index (χ4v) is 2.54. The number of aliphatic hydroxyl groups excluding tert-OH is 2. The quantitative estimate of drug-likeness (QED) is 0.386. The van der Waals surface area contributed by atoms with Crippen LogP contribution in [0.5, 0.6) is 0 Å². The molecule has 2 fully saturated rings. The van der Waals surface area contributed by atoms with E-state index in [0.717, 1.165) is 25.7 Å². The molecule has 0 spiro atoms. The molecule has 0 aromatic rings. The molecule has 14 heavy (non-hydrogen) atoms. The fraction of sp³-hybridized carbons (Fsp3) is 1.00. The van der Waals surface area contributed by atoms with Gasteiger partial charge in [0.25, 0.3) is 5.09 Å². The van der Waals surface area contributed by atoms with E-state index in [0.29, 0.717) is 11.8 Å². The van der Waals surface area contributed by atoms with Crippen LogP contribution in [0.15, 0.2) is 0 Å². The van der Waals surface area contributed by atoms with Crippen LogP contribution in [0.4, 0.5) is 0 Å². The Balaban J connectivity index is 0.000000213. The average Bonchev–Trinajstić information content (AvgIpc) is 2.57. The standard InChI is InChI=1S/C8H14O2.HNO3/c9-7-3-1-5-6(7)2-4-8(5)10;2-1(3)4/h5-10H,1-4H2;(H,2,3,4). The minimum Gasteiger partial charge on any atom is -0.393 e. The molecular formula is C8H15NO5. The van der Waals surface area contributed by atoms with Gasteiger partial charge in [-0.3, -0.25) is 0 Å². The van der Waals surface area contributed by atoms with E-state index in [1.54, 1.807) is 0 Å². The Morgan fingerprint density at radius 2 is 1.29 bits per heavy atom. The van der Waals surface area contributed by atoms with Gasteiger partial charge in [-0.15, -0.1) is 10.1 Å². The Kier molecular flexibility index (Phi) is 3.65. The highest BCUT2D eigenvalue weighted by molar-refractivity contribution is 4.93. The van der Waals surface area contributed by atoms with Crippen LogP contribution < -0.4 is 0 Å². The SMILES string of the molecule is O=[N+]([O-])O.OC1CCC2C(O)CCC12. The van der Waals surface area contributed by atoms with Crippen LogP contribution in [0.3, 0.4) is 0 Å². The molecular weight excluding hydrogens is 190 g/mol. The second-order valence-corrected chi connectivity index (χ2v) is 3.85. The Morgan fingerprint density at radius 3 is 1.57 bits per heavy atom. The van der Waals surface area contributed by atoms with Crippen molar-refractivity contribution in [1.82, 2.24) is 0 Å². The Hall–Kier alpha value is -0.880. The first kappa shape index (κ1) is 11.2. The maximum atomic E-state index is 9.41. The first-order valence-electron chi connectivity index (χ1n) is 4.71. The molecule has 0 amide bonds. The monoisotopic (exact) mass is 205 g/mol. The zero-order valence-corrected chi connectivity index (χ0v) is 7.74. The molecule has 0 aromatic heterocycles. The molecule has 82 valence electrons. The van der Waals surface area contributed by atoms with Gasteiger partial charge in [0.05, 0.1) is 12.2 Å². The highest BCUT2D eigenvalue weighted by Gasteiger charge is 2.43. The van der Waals surface area contributed by atoms with Crippen molar-refractivity contribution in [2.75, 3.05) is 0 Å². The molecule has 6 heteroatoms. The zero-order valence-electron chi connectivity index (χ0n) is 7.74. The first-order chi connectivity index (χ1) is 6.52. The van der Waals surface area contributed by atoms with Crippen LogP contribution in [-0.4, -0.2) is 32.7 Å².